The summed E-state index contributed by atoms with van der Waals surface area (Å²) in [7, 11) is 0. The Bertz CT molecular complexity index is 699. The summed E-state index contributed by atoms with van der Waals surface area (Å²) in [4.78, 5) is 14.9. The zero-order valence-electron chi connectivity index (χ0n) is 12.9. The summed E-state index contributed by atoms with van der Waals surface area (Å²) in [6.45, 7) is 1.75. The SMILES string of the molecule is O=C(c1ccc2c(c1)OCO2)N1CCCCC1Cn1cccn1. The Kier molecular flexibility index (Phi) is 3.65. The molecule has 23 heavy (non-hydrogen) atoms. The van der Waals surface area contributed by atoms with Crippen LogP contribution in [0.2, 0.25) is 0 Å². The van der Waals surface area contributed by atoms with Gasteiger partial charge in [-0.15, -0.1) is 0 Å². The number of hydrogen-bond donors (Lipinski definition) is 0. The van der Waals surface area contributed by atoms with Crippen LogP contribution in [0.1, 0.15) is 29.6 Å². The van der Waals surface area contributed by atoms with Crippen molar-refractivity contribution in [3.05, 3.63) is 42.2 Å². The van der Waals surface area contributed by atoms with Crippen molar-refractivity contribution >= 4 is 5.91 Å². The number of carbonyl (C=O) groups is 1. The zero-order chi connectivity index (χ0) is 15.6. The molecule has 1 aromatic heterocycles. The van der Waals surface area contributed by atoms with E-state index in [0.29, 0.717) is 17.1 Å². The van der Waals surface area contributed by atoms with Gasteiger partial charge in [-0.3, -0.25) is 9.48 Å². The normalized spacial score (nSPS) is 19.8. The van der Waals surface area contributed by atoms with Crippen LogP contribution in [-0.4, -0.2) is 40.0 Å². The number of rotatable bonds is 3. The van der Waals surface area contributed by atoms with E-state index in [9.17, 15) is 4.79 Å². The van der Waals surface area contributed by atoms with Crippen LogP contribution in [0.3, 0.4) is 0 Å². The lowest BCUT2D eigenvalue weighted by molar-refractivity contribution is 0.0583. The molecule has 0 aliphatic carbocycles. The minimum atomic E-state index is 0.0557. The first kappa shape index (κ1) is 14.1. The molecule has 1 atom stereocenters. The highest BCUT2D eigenvalue weighted by atomic mass is 16.7. The van der Waals surface area contributed by atoms with Crippen molar-refractivity contribution in [3.8, 4) is 11.5 Å². The van der Waals surface area contributed by atoms with E-state index in [-0.39, 0.29) is 18.7 Å². The van der Waals surface area contributed by atoms with E-state index in [1.165, 1.54) is 0 Å². The number of amides is 1. The van der Waals surface area contributed by atoms with E-state index in [2.05, 4.69) is 5.10 Å². The van der Waals surface area contributed by atoms with Crippen molar-refractivity contribution < 1.29 is 14.3 Å². The number of carbonyl (C=O) groups excluding carboxylic acids is 1. The van der Waals surface area contributed by atoms with Crippen molar-refractivity contribution in [2.75, 3.05) is 13.3 Å². The van der Waals surface area contributed by atoms with Gasteiger partial charge in [0.15, 0.2) is 11.5 Å². The van der Waals surface area contributed by atoms with Gasteiger partial charge in [-0.2, -0.15) is 5.10 Å². The molecule has 0 bridgehead atoms. The van der Waals surface area contributed by atoms with E-state index in [0.717, 1.165) is 32.4 Å². The molecule has 0 saturated carbocycles. The number of ether oxygens (including phenoxy) is 2. The number of hydrogen-bond acceptors (Lipinski definition) is 4. The monoisotopic (exact) mass is 313 g/mol. The number of piperidine rings is 1. The predicted octanol–water partition coefficient (Wildman–Crippen LogP) is 2.31. The van der Waals surface area contributed by atoms with E-state index in [4.69, 9.17) is 9.47 Å². The predicted molar refractivity (Wildman–Crippen MR) is 83.5 cm³/mol. The van der Waals surface area contributed by atoms with Crippen molar-refractivity contribution in [1.29, 1.82) is 0 Å². The second-order valence-corrected chi connectivity index (χ2v) is 5.94. The van der Waals surface area contributed by atoms with E-state index in [1.54, 1.807) is 12.3 Å². The molecule has 0 spiro atoms. The van der Waals surface area contributed by atoms with Gasteiger partial charge in [0.25, 0.3) is 5.91 Å². The van der Waals surface area contributed by atoms with Gasteiger partial charge >= 0.3 is 0 Å². The Balaban J connectivity index is 1.55. The lowest BCUT2D eigenvalue weighted by Gasteiger charge is -2.35. The van der Waals surface area contributed by atoms with Gasteiger partial charge in [0, 0.05) is 24.5 Å². The minimum Gasteiger partial charge on any atom is -0.454 e. The van der Waals surface area contributed by atoms with Crippen molar-refractivity contribution in [1.82, 2.24) is 14.7 Å². The van der Waals surface area contributed by atoms with Crippen LogP contribution >= 0.6 is 0 Å². The summed E-state index contributed by atoms with van der Waals surface area (Å²) >= 11 is 0. The molecule has 2 aromatic rings. The molecule has 1 aromatic carbocycles. The number of aromatic nitrogens is 2. The maximum Gasteiger partial charge on any atom is 0.254 e. The first-order valence-corrected chi connectivity index (χ1v) is 7.99. The van der Waals surface area contributed by atoms with Crippen molar-refractivity contribution in [2.45, 2.75) is 31.8 Å². The van der Waals surface area contributed by atoms with Crippen molar-refractivity contribution in [3.63, 3.8) is 0 Å². The first-order valence-electron chi connectivity index (χ1n) is 7.99. The Hall–Kier alpha value is -2.50. The first-order chi connectivity index (χ1) is 11.3. The molecule has 6 nitrogen and oxygen atoms in total. The van der Waals surface area contributed by atoms with Crippen LogP contribution in [0.15, 0.2) is 36.7 Å². The number of fused-ring (bicyclic) bond motifs is 1. The highest BCUT2D eigenvalue weighted by Crippen LogP contribution is 2.33. The highest BCUT2D eigenvalue weighted by molar-refractivity contribution is 5.95. The summed E-state index contributed by atoms with van der Waals surface area (Å²) < 4.78 is 12.6. The fraction of sp³-hybridized carbons (Fsp3) is 0.412. The van der Waals surface area contributed by atoms with Gasteiger partial charge in [0.05, 0.1) is 12.6 Å². The third-order valence-electron chi connectivity index (χ3n) is 4.46. The number of likely N-dealkylation sites (tertiary alicyclic amines) is 1. The molecule has 1 amide bonds. The topological polar surface area (TPSA) is 56.6 Å². The average molecular weight is 313 g/mol. The van der Waals surface area contributed by atoms with Gasteiger partial charge in [-0.05, 0) is 43.5 Å². The number of benzene rings is 1. The molecule has 3 heterocycles. The van der Waals surface area contributed by atoms with Crippen LogP contribution in [0, 0.1) is 0 Å². The second kappa shape index (κ2) is 5.95. The molecule has 0 N–H and O–H groups in total. The van der Waals surface area contributed by atoms with Crippen LogP contribution in [0.4, 0.5) is 0 Å². The Labute approximate surface area is 134 Å². The number of nitrogens with zero attached hydrogens (tertiary/aromatic N) is 3. The molecule has 1 unspecified atom stereocenters. The second-order valence-electron chi connectivity index (χ2n) is 5.94. The molecule has 1 saturated heterocycles. The summed E-state index contributed by atoms with van der Waals surface area (Å²) in [5.41, 5.74) is 0.654. The molecular weight excluding hydrogens is 294 g/mol. The molecular formula is C17H19N3O3. The lowest BCUT2D eigenvalue weighted by Crippen LogP contribution is -2.45. The highest BCUT2D eigenvalue weighted by Gasteiger charge is 2.28. The van der Waals surface area contributed by atoms with E-state index in [1.807, 2.05) is 34.0 Å². The molecule has 4 rings (SSSR count). The van der Waals surface area contributed by atoms with Gasteiger partial charge in [0.2, 0.25) is 6.79 Å². The molecule has 120 valence electrons. The van der Waals surface area contributed by atoms with Crippen LogP contribution in [0.25, 0.3) is 0 Å². The molecule has 2 aliphatic heterocycles. The van der Waals surface area contributed by atoms with Gasteiger partial charge in [-0.1, -0.05) is 0 Å². The Morgan fingerprint density at radius 2 is 2.17 bits per heavy atom. The fourth-order valence-corrected chi connectivity index (χ4v) is 3.28. The minimum absolute atomic E-state index is 0.0557. The lowest BCUT2D eigenvalue weighted by atomic mass is 10.0. The Morgan fingerprint density at radius 1 is 1.26 bits per heavy atom. The zero-order valence-corrected chi connectivity index (χ0v) is 12.9. The smallest absolute Gasteiger partial charge is 0.254 e. The standard InChI is InChI=1S/C17H19N3O3/c21-17(13-5-6-15-16(10-13)23-12-22-15)20-9-2-1-4-14(20)11-19-8-3-7-18-19/h3,5-8,10,14H,1-2,4,9,11-12H2. The Morgan fingerprint density at radius 3 is 3.04 bits per heavy atom. The van der Waals surface area contributed by atoms with Gasteiger partial charge in [0.1, 0.15) is 0 Å². The van der Waals surface area contributed by atoms with Gasteiger partial charge < -0.3 is 14.4 Å². The van der Waals surface area contributed by atoms with Crippen LogP contribution < -0.4 is 9.47 Å². The van der Waals surface area contributed by atoms with E-state index >= 15 is 0 Å². The maximum absolute atomic E-state index is 12.9. The summed E-state index contributed by atoms with van der Waals surface area (Å²) in [5, 5.41) is 4.27. The molecule has 1 fully saturated rings. The summed E-state index contributed by atoms with van der Waals surface area (Å²) in [6.07, 6.45) is 6.92. The molecule has 6 heteroatoms. The van der Waals surface area contributed by atoms with Gasteiger partial charge in [-0.25, -0.2) is 0 Å². The fourth-order valence-electron chi connectivity index (χ4n) is 3.28. The molecule has 2 aliphatic rings. The quantitative estimate of drug-likeness (QED) is 0.872. The largest absolute Gasteiger partial charge is 0.454 e. The maximum atomic E-state index is 12.9. The van der Waals surface area contributed by atoms with Crippen LogP contribution in [0.5, 0.6) is 11.5 Å². The molecule has 0 radical (unpaired) electrons. The van der Waals surface area contributed by atoms with Crippen LogP contribution in [-0.2, 0) is 6.54 Å². The summed E-state index contributed by atoms with van der Waals surface area (Å²) in [6, 6.07) is 7.50. The average Bonchev–Trinajstić information content (AvgIpc) is 3.25. The van der Waals surface area contributed by atoms with E-state index < -0.39 is 0 Å². The third kappa shape index (κ3) is 2.76. The van der Waals surface area contributed by atoms with Crippen molar-refractivity contribution in [2.24, 2.45) is 0 Å². The summed E-state index contributed by atoms with van der Waals surface area (Å²) in [5.74, 6) is 1.41. The third-order valence-corrected chi connectivity index (χ3v) is 4.46.